The molecule has 180 valence electrons. The Morgan fingerprint density at radius 1 is 1.14 bits per heavy atom. The highest BCUT2D eigenvalue weighted by Gasteiger charge is 2.23. The lowest BCUT2D eigenvalue weighted by Gasteiger charge is -2.13. The van der Waals surface area contributed by atoms with Crippen LogP contribution in [-0.2, 0) is 7.05 Å². The Labute approximate surface area is 198 Å². The molecule has 0 aliphatic heterocycles. The minimum atomic E-state index is -0.970. The van der Waals surface area contributed by atoms with E-state index in [4.69, 9.17) is 24.7 Å². The van der Waals surface area contributed by atoms with Crippen molar-refractivity contribution in [1.82, 2.24) is 14.8 Å². The zero-order valence-corrected chi connectivity index (χ0v) is 18.8. The lowest BCUT2D eigenvalue weighted by molar-refractivity contribution is -0.385. The number of nitro benzene ring substituents is 1. The molecule has 0 aliphatic carbocycles. The molecule has 12 nitrogen and oxygen atoms in total. The SMILES string of the molecule is COc1c(-c2ccn(C)n2)cc(OCCOc2cccc3ccc(OC(N)=O)nc23)cc1[N+](=O)[O-]. The number of pyridine rings is 1. The first-order valence-electron chi connectivity index (χ1n) is 10.3. The maximum atomic E-state index is 11.6. The molecular weight excluding hydrogens is 458 g/mol. The van der Waals surface area contributed by atoms with Crippen LogP contribution < -0.4 is 24.7 Å². The summed E-state index contributed by atoms with van der Waals surface area (Å²) >= 11 is 0. The molecule has 4 aromatic rings. The summed E-state index contributed by atoms with van der Waals surface area (Å²) in [6.45, 7) is 0.194. The second kappa shape index (κ2) is 9.95. The number of carbonyl (C=O) groups is 1. The molecular formula is C23H21N5O7. The molecule has 0 unspecified atom stereocenters. The number of primary amides is 1. The second-order valence-electron chi connectivity index (χ2n) is 7.25. The smallest absolute Gasteiger partial charge is 0.411 e. The monoisotopic (exact) mass is 479 g/mol. The number of aryl methyl sites for hydroxylation is 1. The normalized spacial score (nSPS) is 10.7. The van der Waals surface area contributed by atoms with Crippen LogP contribution in [0.25, 0.3) is 22.2 Å². The van der Waals surface area contributed by atoms with Gasteiger partial charge in [-0.15, -0.1) is 0 Å². The van der Waals surface area contributed by atoms with E-state index in [1.807, 2.05) is 6.07 Å². The summed E-state index contributed by atoms with van der Waals surface area (Å²) in [5, 5.41) is 16.7. The molecule has 12 heteroatoms. The summed E-state index contributed by atoms with van der Waals surface area (Å²) in [7, 11) is 3.11. The van der Waals surface area contributed by atoms with Gasteiger partial charge >= 0.3 is 11.8 Å². The van der Waals surface area contributed by atoms with Crippen molar-refractivity contribution in [2.24, 2.45) is 12.8 Å². The molecule has 0 saturated heterocycles. The molecule has 0 aliphatic rings. The van der Waals surface area contributed by atoms with E-state index in [0.717, 1.165) is 5.39 Å². The highest BCUT2D eigenvalue weighted by atomic mass is 16.6. The van der Waals surface area contributed by atoms with Crippen LogP contribution in [0.2, 0.25) is 0 Å². The first-order valence-corrected chi connectivity index (χ1v) is 10.3. The number of benzene rings is 2. The number of nitro groups is 1. The number of hydrogen-bond acceptors (Lipinski definition) is 9. The Kier molecular flexibility index (Phi) is 6.62. The van der Waals surface area contributed by atoms with E-state index in [1.54, 1.807) is 48.3 Å². The Hall–Kier alpha value is -4.87. The summed E-state index contributed by atoms with van der Waals surface area (Å²) in [6, 6.07) is 13.2. The van der Waals surface area contributed by atoms with Crippen molar-refractivity contribution >= 4 is 22.7 Å². The van der Waals surface area contributed by atoms with Crippen molar-refractivity contribution < 1.29 is 28.7 Å². The van der Waals surface area contributed by atoms with Crippen molar-refractivity contribution in [3.63, 3.8) is 0 Å². The summed E-state index contributed by atoms with van der Waals surface area (Å²) in [5.74, 6) is 0.837. The van der Waals surface area contributed by atoms with Gasteiger partial charge in [0, 0.05) is 24.7 Å². The molecule has 35 heavy (non-hydrogen) atoms. The van der Waals surface area contributed by atoms with Crippen LogP contribution in [0.4, 0.5) is 10.5 Å². The zero-order chi connectivity index (χ0) is 24.9. The fraction of sp³-hybridized carbons (Fsp3) is 0.174. The molecule has 0 saturated carbocycles. The van der Waals surface area contributed by atoms with Gasteiger partial charge < -0.3 is 24.7 Å². The topological polar surface area (TPSA) is 154 Å². The van der Waals surface area contributed by atoms with Gasteiger partial charge in [-0.25, -0.2) is 9.78 Å². The number of nitrogens with zero attached hydrogens (tertiary/aromatic N) is 4. The van der Waals surface area contributed by atoms with Gasteiger partial charge in [0.25, 0.3) is 0 Å². The maximum Gasteiger partial charge on any atom is 0.411 e. The summed E-state index contributed by atoms with van der Waals surface area (Å²) in [5.41, 5.74) is 6.22. The van der Waals surface area contributed by atoms with Crippen LogP contribution in [0.3, 0.4) is 0 Å². The Bertz CT molecular complexity index is 1400. The van der Waals surface area contributed by atoms with Crippen molar-refractivity contribution in [2.45, 2.75) is 0 Å². The molecule has 2 aromatic carbocycles. The number of hydrogen-bond donors (Lipinski definition) is 1. The third-order valence-electron chi connectivity index (χ3n) is 4.91. The van der Waals surface area contributed by atoms with Crippen LogP contribution in [0.5, 0.6) is 23.1 Å². The predicted octanol–water partition coefficient (Wildman–Crippen LogP) is 3.47. The van der Waals surface area contributed by atoms with Crippen LogP contribution >= 0.6 is 0 Å². The van der Waals surface area contributed by atoms with E-state index in [-0.39, 0.29) is 36.3 Å². The summed E-state index contributed by atoms with van der Waals surface area (Å²) in [6.07, 6.45) is 0.752. The number of aromatic nitrogens is 3. The molecule has 0 spiro atoms. The minimum absolute atomic E-state index is 0.0462. The third kappa shape index (κ3) is 5.21. The fourth-order valence-corrected chi connectivity index (χ4v) is 3.46. The molecule has 0 bridgehead atoms. The second-order valence-corrected chi connectivity index (χ2v) is 7.25. The van der Waals surface area contributed by atoms with Crippen molar-refractivity contribution in [2.75, 3.05) is 20.3 Å². The molecule has 2 aromatic heterocycles. The first kappa shape index (κ1) is 23.3. The van der Waals surface area contributed by atoms with Gasteiger partial charge in [-0.3, -0.25) is 14.8 Å². The van der Waals surface area contributed by atoms with Crippen LogP contribution in [-0.4, -0.2) is 46.1 Å². The highest BCUT2D eigenvalue weighted by molar-refractivity contribution is 5.85. The highest BCUT2D eigenvalue weighted by Crippen LogP contribution is 2.40. The van der Waals surface area contributed by atoms with E-state index in [2.05, 4.69) is 10.1 Å². The van der Waals surface area contributed by atoms with Gasteiger partial charge in [0.15, 0.2) is 0 Å². The van der Waals surface area contributed by atoms with E-state index < -0.39 is 11.0 Å². The Balaban J connectivity index is 1.52. The fourth-order valence-electron chi connectivity index (χ4n) is 3.46. The number of fused-ring (bicyclic) bond motifs is 1. The third-order valence-corrected chi connectivity index (χ3v) is 4.91. The molecule has 0 radical (unpaired) electrons. The standard InChI is InChI=1S/C23H21N5O7/c1-27-9-8-17(26-27)16-12-15(13-18(28(30)31)22(16)32-2)33-10-11-34-19-5-3-4-14-6-7-20(25-21(14)19)35-23(24)29/h3-9,12-13H,10-11H2,1-2H3,(H2,24,29). The van der Waals surface area contributed by atoms with E-state index in [9.17, 15) is 14.9 Å². The Morgan fingerprint density at radius 2 is 1.94 bits per heavy atom. The molecule has 0 fully saturated rings. The quantitative estimate of drug-likeness (QED) is 0.216. The van der Waals surface area contributed by atoms with Gasteiger partial charge in [-0.1, -0.05) is 12.1 Å². The first-order chi connectivity index (χ1) is 16.9. The lowest BCUT2D eigenvalue weighted by atomic mass is 10.1. The molecule has 4 rings (SSSR count). The minimum Gasteiger partial charge on any atom is -0.490 e. The Morgan fingerprint density at radius 3 is 2.63 bits per heavy atom. The number of methoxy groups -OCH3 is 1. The average Bonchev–Trinajstić information content (AvgIpc) is 3.27. The number of rotatable bonds is 9. The number of para-hydroxylation sites is 1. The van der Waals surface area contributed by atoms with Crippen molar-refractivity contribution in [3.05, 3.63) is 64.8 Å². The number of carbonyl (C=O) groups excluding carboxylic acids is 1. The number of amides is 1. The van der Waals surface area contributed by atoms with Gasteiger partial charge in [-0.05, 0) is 24.3 Å². The van der Waals surface area contributed by atoms with Crippen LogP contribution in [0, 0.1) is 10.1 Å². The number of nitrogens with two attached hydrogens (primary N) is 1. The van der Waals surface area contributed by atoms with Gasteiger partial charge in [0.05, 0.1) is 29.4 Å². The summed E-state index contributed by atoms with van der Waals surface area (Å²) < 4.78 is 23.3. The van der Waals surface area contributed by atoms with Crippen molar-refractivity contribution in [1.29, 1.82) is 0 Å². The predicted molar refractivity (Wildman–Crippen MR) is 125 cm³/mol. The molecule has 2 heterocycles. The maximum absolute atomic E-state index is 11.6. The molecule has 2 N–H and O–H groups in total. The van der Waals surface area contributed by atoms with Crippen LogP contribution in [0.15, 0.2) is 54.7 Å². The molecule has 1 amide bonds. The van der Waals surface area contributed by atoms with Gasteiger partial charge in [-0.2, -0.15) is 5.10 Å². The van der Waals surface area contributed by atoms with E-state index in [0.29, 0.717) is 22.5 Å². The van der Waals surface area contributed by atoms with Gasteiger partial charge in [0.1, 0.15) is 30.2 Å². The largest absolute Gasteiger partial charge is 0.490 e. The molecule has 0 atom stereocenters. The van der Waals surface area contributed by atoms with Crippen LogP contribution in [0.1, 0.15) is 0 Å². The lowest BCUT2D eigenvalue weighted by Crippen LogP contribution is -2.16. The van der Waals surface area contributed by atoms with E-state index in [1.165, 1.54) is 19.2 Å². The van der Waals surface area contributed by atoms with Crippen molar-refractivity contribution in [3.8, 4) is 34.4 Å². The number of ether oxygens (including phenoxy) is 4. The zero-order valence-electron chi connectivity index (χ0n) is 18.8. The van der Waals surface area contributed by atoms with Gasteiger partial charge in [0.2, 0.25) is 11.6 Å². The summed E-state index contributed by atoms with van der Waals surface area (Å²) in [4.78, 5) is 26.4. The van der Waals surface area contributed by atoms with E-state index >= 15 is 0 Å². The average molecular weight is 479 g/mol.